The van der Waals surface area contributed by atoms with Gasteiger partial charge in [-0.3, -0.25) is 9.78 Å². The largest absolute Gasteiger partial charge is 0.416 e. The highest BCUT2D eigenvalue weighted by Gasteiger charge is 2.30. The molecule has 2 aromatic carbocycles. The molecule has 0 aliphatic carbocycles. The number of carbonyl (C=O) groups excluding carboxylic acids is 1. The van der Waals surface area contributed by atoms with Gasteiger partial charge in [-0.1, -0.05) is 36.4 Å². The van der Waals surface area contributed by atoms with E-state index >= 15 is 0 Å². The number of benzene rings is 2. The second-order valence-corrected chi connectivity index (χ2v) is 7.23. The first-order valence-corrected chi connectivity index (χ1v) is 9.66. The Morgan fingerprint density at radius 1 is 1.07 bits per heavy atom. The summed E-state index contributed by atoms with van der Waals surface area (Å²) in [7, 11) is 0. The van der Waals surface area contributed by atoms with E-state index in [4.69, 9.17) is 0 Å². The Balaban J connectivity index is 1.56. The predicted molar refractivity (Wildman–Crippen MR) is 109 cm³/mol. The molecule has 4 nitrogen and oxygen atoms in total. The fourth-order valence-corrected chi connectivity index (χ4v) is 3.57. The molecule has 0 radical (unpaired) electrons. The normalized spacial score (nSPS) is 13.6. The van der Waals surface area contributed by atoms with Crippen LogP contribution in [0, 0.1) is 0 Å². The third-order valence-corrected chi connectivity index (χ3v) is 5.06. The van der Waals surface area contributed by atoms with E-state index in [1.807, 2.05) is 30.3 Å². The fraction of sp³-hybridized carbons (Fsp3) is 0.217. The zero-order valence-corrected chi connectivity index (χ0v) is 16.1. The Labute approximate surface area is 172 Å². The lowest BCUT2D eigenvalue weighted by molar-refractivity contribution is -0.137. The van der Waals surface area contributed by atoms with Crippen molar-refractivity contribution in [1.29, 1.82) is 0 Å². The molecule has 4 rings (SSSR count). The van der Waals surface area contributed by atoms with Gasteiger partial charge in [0.2, 0.25) is 0 Å². The first-order valence-electron chi connectivity index (χ1n) is 9.66. The molecule has 0 fully saturated rings. The number of halogens is 3. The summed E-state index contributed by atoms with van der Waals surface area (Å²) in [5, 5.41) is 2.54. The predicted octanol–water partition coefficient (Wildman–Crippen LogP) is 5.31. The Morgan fingerprint density at radius 2 is 1.87 bits per heavy atom. The molecular weight excluding hydrogens is 391 g/mol. The number of hydrogen-bond donors (Lipinski definition) is 1. The Kier molecular flexibility index (Phi) is 5.44. The van der Waals surface area contributed by atoms with Gasteiger partial charge in [0.25, 0.3) is 5.91 Å². The number of alkyl halides is 3. The lowest BCUT2D eigenvalue weighted by Crippen LogP contribution is -2.30. The average Bonchev–Trinajstić information content (AvgIpc) is 2.74. The third-order valence-electron chi connectivity index (χ3n) is 5.06. The molecule has 1 aliphatic rings. The standard InChI is InChI=1S/C23H20F3N3O/c24-23(25,26)18-8-4-9-19(13-18)28-22(30)17-12-21-20(27-14-17)10-5-11-29(21)15-16-6-2-1-3-7-16/h1-4,6-9,12-14H,5,10-11,15H2,(H,28,30). The summed E-state index contributed by atoms with van der Waals surface area (Å²) >= 11 is 0. The number of nitrogens with one attached hydrogen (secondary N) is 1. The van der Waals surface area contributed by atoms with Crippen LogP contribution in [0.3, 0.4) is 0 Å². The van der Waals surface area contributed by atoms with E-state index < -0.39 is 17.6 Å². The average molecular weight is 411 g/mol. The van der Waals surface area contributed by atoms with Gasteiger partial charge in [-0.25, -0.2) is 0 Å². The summed E-state index contributed by atoms with van der Waals surface area (Å²) in [5.41, 5.74) is 2.57. The maximum absolute atomic E-state index is 12.9. The van der Waals surface area contributed by atoms with Crippen LogP contribution in [0.2, 0.25) is 0 Å². The second kappa shape index (κ2) is 8.18. The van der Waals surface area contributed by atoms with Crippen LogP contribution in [0.15, 0.2) is 66.9 Å². The van der Waals surface area contributed by atoms with Crippen molar-refractivity contribution < 1.29 is 18.0 Å². The van der Waals surface area contributed by atoms with Gasteiger partial charge >= 0.3 is 6.18 Å². The van der Waals surface area contributed by atoms with Crippen molar-refractivity contribution in [2.75, 3.05) is 16.8 Å². The van der Waals surface area contributed by atoms with Crippen molar-refractivity contribution >= 4 is 17.3 Å². The number of anilines is 2. The second-order valence-electron chi connectivity index (χ2n) is 7.23. The number of aromatic nitrogens is 1. The van der Waals surface area contributed by atoms with Crippen molar-refractivity contribution in [3.63, 3.8) is 0 Å². The van der Waals surface area contributed by atoms with E-state index in [0.717, 1.165) is 48.5 Å². The molecule has 1 aliphatic heterocycles. The number of amides is 1. The van der Waals surface area contributed by atoms with Crippen LogP contribution in [0.1, 0.15) is 33.6 Å². The number of rotatable bonds is 4. The molecule has 0 atom stereocenters. The number of fused-ring (bicyclic) bond motifs is 1. The first kappa shape index (κ1) is 19.9. The Morgan fingerprint density at radius 3 is 2.63 bits per heavy atom. The van der Waals surface area contributed by atoms with Gasteiger partial charge < -0.3 is 10.2 Å². The molecule has 2 heterocycles. The highest BCUT2D eigenvalue weighted by Crippen LogP contribution is 2.31. The minimum absolute atomic E-state index is 0.0914. The summed E-state index contributed by atoms with van der Waals surface area (Å²) in [6.07, 6.45) is -1.18. The highest BCUT2D eigenvalue weighted by atomic mass is 19.4. The van der Waals surface area contributed by atoms with Gasteiger partial charge in [-0.15, -0.1) is 0 Å². The van der Waals surface area contributed by atoms with Crippen molar-refractivity contribution in [2.24, 2.45) is 0 Å². The Bertz CT molecular complexity index is 1050. The SMILES string of the molecule is O=C(Nc1cccc(C(F)(F)F)c1)c1cnc2c(c1)N(Cc1ccccc1)CCC2. The number of pyridine rings is 1. The van der Waals surface area contributed by atoms with Gasteiger partial charge in [0.1, 0.15) is 0 Å². The molecule has 0 bridgehead atoms. The summed E-state index contributed by atoms with van der Waals surface area (Å²) in [6.45, 7) is 1.55. The molecule has 0 spiro atoms. The van der Waals surface area contributed by atoms with Crippen molar-refractivity contribution in [3.05, 3.63) is 89.2 Å². The molecule has 0 saturated heterocycles. The number of aryl methyl sites for hydroxylation is 1. The summed E-state index contributed by atoms with van der Waals surface area (Å²) in [4.78, 5) is 19.3. The number of carbonyl (C=O) groups is 1. The number of nitrogens with zero attached hydrogens (tertiary/aromatic N) is 2. The molecule has 1 amide bonds. The van der Waals surface area contributed by atoms with E-state index in [-0.39, 0.29) is 5.69 Å². The maximum Gasteiger partial charge on any atom is 0.416 e. The summed E-state index contributed by atoms with van der Waals surface area (Å²) in [5.74, 6) is -0.491. The van der Waals surface area contributed by atoms with Crippen LogP contribution < -0.4 is 10.2 Å². The molecule has 7 heteroatoms. The topological polar surface area (TPSA) is 45.2 Å². The van der Waals surface area contributed by atoms with Crippen LogP contribution in [-0.4, -0.2) is 17.4 Å². The molecular formula is C23H20F3N3O. The minimum Gasteiger partial charge on any atom is -0.366 e. The van der Waals surface area contributed by atoms with Crippen LogP contribution >= 0.6 is 0 Å². The van der Waals surface area contributed by atoms with E-state index in [2.05, 4.69) is 15.2 Å². The maximum atomic E-state index is 12.9. The van der Waals surface area contributed by atoms with Gasteiger partial charge in [-0.05, 0) is 42.7 Å². The van der Waals surface area contributed by atoms with Crippen LogP contribution in [-0.2, 0) is 19.1 Å². The van der Waals surface area contributed by atoms with Gasteiger partial charge in [-0.2, -0.15) is 13.2 Å². The van der Waals surface area contributed by atoms with Crippen molar-refractivity contribution in [3.8, 4) is 0 Å². The van der Waals surface area contributed by atoms with E-state index in [1.54, 1.807) is 6.07 Å². The lowest BCUT2D eigenvalue weighted by Gasteiger charge is -2.31. The number of hydrogen-bond acceptors (Lipinski definition) is 3. The van der Waals surface area contributed by atoms with Crippen LogP contribution in [0.5, 0.6) is 0 Å². The smallest absolute Gasteiger partial charge is 0.366 e. The Hall–Kier alpha value is -3.35. The minimum atomic E-state index is -4.47. The van der Waals surface area contributed by atoms with Crippen LogP contribution in [0.25, 0.3) is 0 Å². The monoisotopic (exact) mass is 411 g/mol. The van der Waals surface area contributed by atoms with Crippen molar-refractivity contribution in [1.82, 2.24) is 4.98 Å². The van der Waals surface area contributed by atoms with Gasteiger partial charge in [0.05, 0.1) is 22.5 Å². The van der Waals surface area contributed by atoms with E-state index in [0.29, 0.717) is 12.1 Å². The molecule has 0 saturated carbocycles. The van der Waals surface area contributed by atoms with Gasteiger partial charge in [0, 0.05) is 25.0 Å². The van der Waals surface area contributed by atoms with Crippen molar-refractivity contribution in [2.45, 2.75) is 25.6 Å². The highest BCUT2D eigenvalue weighted by molar-refractivity contribution is 6.04. The molecule has 0 unspecified atom stereocenters. The molecule has 1 N–H and O–H groups in total. The first-order chi connectivity index (χ1) is 14.4. The molecule has 1 aromatic heterocycles. The fourth-order valence-electron chi connectivity index (χ4n) is 3.57. The summed E-state index contributed by atoms with van der Waals surface area (Å²) < 4.78 is 38.7. The molecule has 154 valence electrons. The third kappa shape index (κ3) is 4.45. The lowest BCUT2D eigenvalue weighted by atomic mass is 10.0. The van der Waals surface area contributed by atoms with E-state index in [9.17, 15) is 18.0 Å². The zero-order valence-electron chi connectivity index (χ0n) is 16.1. The quantitative estimate of drug-likeness (QED) is 0.633. The summed E-state index contributed by atoms with van der Waals surface area (Å²) in [6, 6.07) is 16.4. The van der Waals surface area contributed by atoms with Crippen LogP contribution in [0.4, 0.5) is 24.5 Å². The molecule has 3 aromatic rings. The van der Waals surface area contributed by atoms with Gasteiger partial charge in [0.15, 0.2) is 0 Å². The molecule has 30 heavy (non-hydrogen) atoms. The zero-order chi connectivity index (χ0) is 21.1. The van der Waals surface area contributed by atoms with E-state index in [1.165, 1.54) is 18.3 Å².